The Kier molecular flexibility index (Phi) is 7.70. The molecule has 0 aliphatic rings. The fourth-order valence-electron chi connectivity index (χ4n) is 2.23. The smallest absolute Gasteiger partial charge is 0.306 e. The minimum absolute atomic E-state index is 0.0932. The summed E-state index contributed by atoms with van der Waals surface area (Å²) in [6.45, 7) is -0.538. The standard InChI is InChI=1S/C18H17BrN2O6S/c1-26-14-4-2-10(19)8-12(14)13(22)3-5-16(24)27-9-15(23)21-18-11(17(20)25)6-7-28-18/h2,4,6-8H,3,5,9H2,1H3,(H2,20,25)(H,21,23). The van der Waals surface area contributed by atoms with Crippen LogP contribution in [0.5, 0.6) is 5.75 Å². The van der Waals surface area contributed by atoms with E-state index in [1.807, 2.05) is 0 Å². The average Bonchev–Trinajstić information content (AvgIpc) is 3.12. The number of Topliss-reactive ketones (excluding diaryl/α,β-unsaturated/α-hetero) is 1. The fraction of sp³-hybridized carbons (Fsp3) is 0.222. The molecule has 8 nitrogen and oxygen atoms in total. The molecule has 1 aromatic carbocycles. The number of anilines is 1. The molecule has 1 aromatic heterocycles. The normalized spacial score (nSPS) is 10.2. The van der Waals surface area contributed by atoms with Gasteiger partial charge >= 0.3 is 5.97 Å². The van der Waals surface area contributed by atoms with E-state index in [2.05, 4.69) is 21.2 Å². The fourth-order valence-corrected chi connectivity index (χ4v) is 3.40. The van der Waals surface area contributed by atoms with Crippen LogP contribution in [0.25, 0.3) is 0 Å². The summed E-state index contributed by atoms with van der Waals surface area (Å²) in [7, 11) is 1.45. The Hall–Kier alpha value is -2.72. The first-order valence-corrected chi connectivity index (χ1v) is 9.68. The van der Waals surface area contributed by atoms with Gasteiger partial charge in [0.2, 0.25) is 0 Å². The predicted octanol–water partition coefficient (Wildman–Crippen LogP) is 2.76. The number of esters is 1. The molecule has 0 unspecified atom stereocenters. The van der Waals surface area contributed by atoms with E-state index in [1.165, 1.54) is 13.2 Å². The van der Waals surface area contributed by atoms with Gasteiger partial charge in [-0.05, 0) is 29.6 Å². The highest BCUT2D eigenvalue weighted by atomic mass is 79.9. The van der Waals surface area contributed by atoms with Crippen molar-refractivity contribution >= 4 is 55.8 Å². The molecule has 0 radical (unpaired) electrons. The number of methoxy groups -OCH3 is 1. The van der Waals surface area contributed by atoms with E-state index in [4.69, 9.17) is 15.2 Å². The molecule has 0 aliphatic carbocycles. The Morgan fingerprint density at radius 3 is 2.57 bits per heavy atom. The molecule has 0 saturated heterocycles. The van der Waals surface area contributed by atoms with Gasteiger partial charge in [-0.2, -0.15) is 0 Å². The molecule has 2 amide bonds. The van der Waals surface area contributed by atoms with Gasteiger partial charge in [0.25, 0.3) is 11.8 Å². The van der Waals surface area contributed by atoms with Crippen LogP contribution >= 0.6 is 27.3 Å². The lowest BCUT2D eigenvalue weighted by atomic mass is 10.1. The highest BCUT2D eigenvalue weighted by Crippen LogP contribution is 2.25. The topological polar surface area (TPSA) is 125 Å². The number of amides is 2. The number of ether oxygens (including phenoxy) is 2. The molecule has 0 fully saturated rings. The highest BCUT2D eigenvalue weighted by molar-refractivity contribution is 9.10. The maximum Gasteiger partial charge on any atom is 0.306 e. The number of hydrogen-bond acceptors (Lipinski definition) is 7. The van der Waals surface area contributed by atoms with E-state index in [1.54, 1.807) is 23.6 Å². The van der Waals surface area contributed by atoms with Gasteiger partial charge in [-0.1, -0.05) is 15.9 Å². The largest absolute Gasteiger partial charge is 0.496 e. The van der Waals surface area contributed by atoms with Gasteiger partial charge in [-0.15, -0.1) is 11.3 Å². The lowest BCUT2D eigenvalue weighted by Gasteiger charge is -2.08. The van der Waals surface area contributed by atoms with E-state index in [0.717, 1.165) is 11.3 Å². The molecule has 2 aromatic rings. The Balaban J connectivity index is 1.82. The van der Waals surface area contributed by atoms with Crippen LogP contribution in [0.1, 0.15) is 33.6 Å². The molecule has 0 aliphatic heterocycles. The number of halogens is 1. The number of primary amides is 1. The molecule has 0 saturated carbocycles. The van der Waals surface area contributed by atoms with Gasteiger partial charge in [-0.3, -0.25) is 19.2 Å². The van der Waals surface area contributed by atoms with E-state index in [9.17, 15) is 19.2 Å². The average molecular weight is 469 g/mol. The summed E-state index contributed by atoms with van der Waals surface area (Å²) in [6.07, 6.45) is -0.280. The molecular weight excluding hydrogens is 452 g/mol. The zero-order valence-corrected chi connectivity index (χ0v) is 17.2. The first-order chi connectivity index (χ1) is 13.3. The summed E-state index contributed by atoms with van der Waals surface area (Å²) in [4.78, 5) is 47.2. The van der Waals surface area contributed by atoms with Crippen molar-refractivity contribution in [3.05, 3.63) is 45.2 Å². The summed E-state index contributed by atoms with van der Waals surface area (Å²) >= 11 is 4.40. The number of hydrogen-bond donors (Lipinski definition) is 2. The number of rotatable bonds is 9. The van der Waals surface area contributed by atoms with Crippen LogP contribution in [-0.4, -0.2) is 37.3 Å². The maximum absolute atomic E-state index is 12.3. The zero-order valence-electron chi connectivity index (χ0n) is 14.8. The monoisotopic (exact) mass is 468 g/mol. The van der Waals surface area contributed by atoms with Crippen LogP contribution in [0.3, 0.4) is 0 Å². The molecule has 0 bridgehead atoms. The summed E-state index contributed by atoms with van der Waals surface area (Å²) in [5.41, 5.74) is 5.72. The first kappa shape index (κ1) is 21.6. The van der Waals surface area contributed by atoms with Crippen molar-refractivity contribution in [1.82, 2.24) is 0 Å². The van der Waals surface area contributed by atoms with E-state index >= 15 is 0 Å². The lowest BCUT2D eigenvalue weighted by Crippen LogP contribution is -2.22. The summed E-state index contributed by atoms with van der Waals surface area (Å²) in [5, 5.41) is 4.34. The minimum atomic E-state index is -0.696. The molecule has 10 heteroatoms. The SMILES string of the molecule is COc1ccc(Br)cc1C(=O)CCC(=O)OCC(=O)Nc1sccc1C(N)=O. The second-order valence-electron chi connectivity index (χ2n) is 5.50. The third-order valence-corrected chi connectivity index (χ3v) is 4.89. The number of carbonyl (C=O) groups excluding carboxylic acids is 4. The summed E-state index contributed by atoms with van der Waals surface area (Å²) in [6, 6.07) is 6.47. The van der Waals surface area contributed by atoms with Gasteiger partial charge in [0.05, 0.1) is 24.7 Å². The van der Waals surface area contributed by atoms with Gasteiger partial charge < -0.3 is 20.5 Å². The van der Waals surface area contributed by atoms with Crippen molar-refractivity contribution < 1.29 is 28.7 Å². The summed E-state index contributed by atoms with van der Waals surface area (Å²) in [5.74, 6) is -1.86. The van der Waals surface area contributed by atoms with Gasteiger partial charge in [0.1, 0.15) is 10.8 Å². The van der Waals surface area contributed by atoms with Crippen molar-refractivity contribution in [3.8, 4) is 5.75 Å². The Labute approximate surface area is 173 Å². The number of benzene rings is 1. The second kappa shape index (κ2) is 10.00. The second-order valence-corrected chi connectivity index (χ2v) is 7.34. The Bertz CT molecular complexity index is 911. The number of carbonyl (C=O) groups is 4. The number of ketones is 1. The quantitative estimate of drug-likeness (QED) is 0.430. The number of nitrogens with one attached hydrogen (secondary N) is 1. The molecule has 0 atom stereocenters. The van der Waals surface area contributed by atoms with Gasteiger partial charge in [-0.25, -0.2) is 0 Å². The van der Waals surface area contributed by atoms with Crippen LogP contribution in [0.2, 0.25) is 0 Å². The van der Waals surface area contributed by atoms with Crippen molar-refractivity contribution in [3.63, 3.8) is 0 Å². The summed E-state index contributed by atoms with van der Waals surface area (Å²) < 4.78 is 10.7. The van der Waals surface area contributed by atoms with E-state index in [0.29, 0.717) is 15.8 Å². The highest BCUT2D eigenvalue weighted by Gasteiger charge is 2.17. The van der Waals surface area contributed by atoms with Gasteiger partial charge in [0, 0.05) is 10.9 Å². The van der Waals surface area contributed by atoms with Crippen molar-refractivity contribution in [1.29, 1.82) is 0 Å². The first-order valence-electron chi connectivity index (χ1n) is 8.01. The van der Waals surface area contributed by atoms with Crippen LogP contribution < -0.4 is 15.8 Å². The third-order valence-electron chi connectivity index (χ3n) is 3.57. The van der Waals surface area contributed by atoms with Crippen LogP contribution in [-0.2, 0) is 14.3 Å². The molecule has 2 rings (SSSR count). The number of thiophene rings is 1. The zero-order chi connectivity index (χ0) is 20.7. The van der Waals surface area contributed by atoms with Crippen molar-refractivity contribution in [2.24, 2.45) is 5.73 Å². The predicted molar refractivity (Wildman–Crippen MR) is 107 cm³/mol. The Morgan fingerprint density at radius 2 is 1.89 bits per heavy atom. The van der Waals surface area contributed by atoms with Crippen molar-refractivity contribution in [2.75, 3.05) is 19.0 Å². The maximum atomic E-state index is 12.3. The third kappa shape index (κ3) is 5.89. The van der Waals surface area contributed by atoms with Crippen LogP contribution in [0.15, 0.2) is 34.1 Å². The van der Waals surface area contributed by atoms with Crippen LogP contribution in [0, 0.1) is 0 Å². The minimum Gasteiger partial charge on any atom is -0.496 e. The number of nitrogens with two attached hydrogens (primary N) is 1. The van der Waals surface area contributed by atoms with Gasteiger partial charge in [0.15, 0.2) is 12.4 Å². The van der Waals surface area contributed by atoms with Crippen LogP contribution in [0.4, 0.5) is 5.00 Å². The molecule has 0 spiro atoms. The molecule has 3 N–H and O–H groups in total. The molecule has 28 heavy (non-hydrogen) atoms. The molecule has 148 valence electrons. The van der Waals surface area contributed by atoms with E-state index < -0.39 is 24.4 Å². The molecular formula is C18H17BrN2O6S. The lowest BCUT2D eigenvalue weighted by molar-refractivity contribution is -0.147. The Morgan fingerprint density at radius 1 is 1.14 bits per heavy atom. The van der Waals surface area contributed by atoms with Crippen molar-refractivity contribution in [2.45, 2.75) is 12.8 Å². The van der Waals surface area contributed by atoms with E-state index in [-0.39, 0.29) is 29.2 Å². The molecule has 1 heterocycles.